The van der Waals surface area contributed by atoms with Gasteiger partial charge in [-0.25, -0.2) is 0 Å². The Labute approximate surface area is 126 Å². The van der Waals surface area contributed by atoms with Crippen molar-refractivity contribution in [3.05, 3.63) is 0 Å². The molecule has 2 heteroatoms. The third kappa shape index (κ3) is 6.13. The molecule has 20 heavy (non-hydrogen) atoms. The van der Waals surface area contributed by atoms with Gasteiger partial charge in [-0.15, -0.1) is 0 Å². The number of hydrogen-bond donors (Lipinski definition) is 0. The van der Waals surface area contributed by atoms with E-state index in [1.54, 1.807) is 0 Å². The third-order valence-electron chi connectivity index (χ3n) is 4.98. The van der Waals surface area contributed by atoms with Gasteiger partial charge >= 0.3 is 0 Å². The van der Waals surface area contributed by atoms with Crippen LogP contribution in [0.1, 0.15) is 72.1 Å². The summed E-state index contributed by atoms with van der Waals surface area (Å²) >= 11 is 0. The number of likely N-dealkylation sites (tertiary alicyclic amines) is 1. The molecule has 0 aromatic heterocycles. The van der Waals surface area contributed by atoms with Gasteiger partial charge in [0.15, 0.2) is 0 Å². The van der Waals surface area contributed by atoms with Crippen LogP contribution in [0.15, 0.2) is 0 Å². The van der Waals surface area contributed by atoms with Crippen molar-refractivity contribution in [3.63, 3.8) is 0 Å². The maximum atomic E-state index is 6.07. The molecule has 1 saturated carbocycles. The standard InChI is InChI=1S/C18H35NO/c1-18(2,3)11-14-20-17-9-12-19(13-10-17)15-16-7-5-4-6-8-16/h16-17H,4-15H2,1-3H3. The minimum absolute atomic E-state index is 0.404. The first kappa shape index (κ1) is 16.3. The molecule has 1 heterocycles. The zero-order chi connectivity index (χ0) is 14.4. The molecule has 0 unspecified atom stereocenters. The van der Waals surface area contributed by atoms with E-state index < -0.39 is 0 Å². The van der Waals surface area contributed by atoms with E-state index in [-0.39, 0.29) is 0 Å². The van der Waals surface area contributed by atoms with E-state index in [4.69, 9.17) is 4.74 Å². The Kier molecular flexibility index (Phi) is 6.35. The van der Waals surface area contributed by atoms with E-state index in [0.717, 1.165) is 12.5 Å². The topological polar surface area (TPSA) is 12.5 Å². The van der Waals surface area contributed by atoms with Gasteiger partial charge in [-0.1, -0.05) is 40.0 Å². The highest BCUT2D eigenvalue weighted by atomic mass is 16.5. The molecular weight excluding hydrogens is 246 g/mol. The lowest BCUT2D eigenvalue weighted by molar-refractivity contribution is -0.00562. The molecule has 2 aliphatic rings. The number of rotatable bonds is 5. The van der Waals surface area contributed by atoms with Crippen LogP contribution in [0.3, 0.4) is 0 Å². The molecule has 1 saturated heterocycles. The summed E-state index contributed by atoms with van der Waals surface area (Å²) in [6.07, 6.45) is 11.6. The Morgan fingerprint density at radius 2 is 1.60 bits per heavy atom. The summed E-state index contributed by atoms with van der Waals surface area (Å²) in [6.45, 7) is 11.7. The molecule has 0 amide bonds. The van der Waals surface area contributed by atoms with E-state index in [2.05, 4.69) is 25.7 Å². The van der Waals surface area contributed by atoms with Crippen molar-refractivity contribution in [1.29, 1.82) is 0 Å². The maximum Gasteiger partial charge on any atom is 0.0599 e. The number of hydrogen-bond acceptors (Lipinski definition) is 2. The second-order valence-electron chi connectivity index (χ2n) is 8.19. The predicted molar refractivity (Wildman–Crippen MR) is 86.1 cm³/mol. The average Bonchev–Trinajstić information content (AvgIpc) is 2.41. The number of ether oxygens (including phenoxy) is 1. The highest BCUT2D eigenvalue weighted by molar-refractivity contribution is 4.76. The van der Waals surface area contributed by atoms with Crippen LogP contribution < -0.4 is 0 Å². The largest absolute Gasteiger partial charge is 0.378 e. The van der Waals surface area contributed by atoms with Gasteiger partial charge < -0.3 is 9.64 Å². The van der Waals surface area contributed by atoms with Crippen molar-refractivity contribution < 1.29 is 4.74 Å². The molecule has 2 rings (SSSR count). The van der Waals surface area contributed by atoms with Crippen molar-refractivity contribution >= 4 is 0 Å². The van der Waals surface area contributed by atoms with Crippen LogP contribution in [0.5, 0.6) is 0 Å². The van der Waals surface area contributed by atoms with Crippen LogP contribution in [0, 0.1) is 11.3 Å². The van der Waals surface area contributed by atoms with Crippen LogP contribution >= 0.6 is 0 Å². The molecule has 2 nitrogen and oxygen atoms in total. The first-order valence-electron chi connectivity index (χ1n) is 8.87. The molecule has 1 aliphatic heterocycles. The van der Waals surface area contributed by atoms with Crippen molar-refractivity contribution in [3.8, 4) is 0 Å². The summed E-state index contributed by atoms with van der Waals surface area (Å²) in [7, 11) is 0. The van der Waals surface area contributed by atoms with E-state index in [1.807, 2.05) is 0 Å². The molecule has 0 N–H and O–H groups in total. The molecule has 0 atom stereocenters. The Hall–Kier alpha value is -0.0800. The van der Waals surface area contributed by atoms with Crippen molar-refractivity contribution in [2.75, 3.05) is 26.2 Å². The summed E-state index contributed by atoms with van der Waals surface area (Å²) in [5.74, 6) is 0.988. The maximum absolute atomic E-state index is 6.07. The quantitative estimate of drug-likeness (QED) is 0.736. The second-order valence-corrected chi connectivity index (χ2v) is 8.19. The summed E-state index contributed by atoms with van der Waals surface area (Å²) < 4.78 is 6.07. The highest BCUT2D eigenvalue weighted by Gasteiger charge is 2.23. The van der Waals surface area contributed by atoms with Gasteiger partial charge in [0.1, 0.15) is 0 Å². The summed E-state index contributed by atoms with van der Waals surface area (Å²) in [5, 5.41) is 0. The Morgan fingerprint density at radius 1 is 0.950 bits per heavy atom. The Balaban J connectivity index is 1.57. The van der Waals surface area contributed by atoms with Gasteiger partial charge in [0.25, 0.3) is 0 Å². The first-order valence-corrected chi connectivity index (χ1v) is 8.87. The fourth-order valence-electron chi connectivity index (χ4n) is 3.53. The molecule has 0 spiro atoms. The summed E-state index contributed by atoms with van der Waals surface area (Å²) in [6, 6.07) is 0. The number of nitrogens with zero attached hydrogens (tertiary/aromatic N) is 1. The molecule has 0 bridgehead atoms. The van der Waals surface area contributed by atoms with Crippen LogP contribution in [-0.4, -0.2) is 37.2 Å². The zero-order valence-electron chi connectivity index (χ0n) is 14.0. The zero-order valence-corrected chi connectivity index (χ0v) is 14.0. The summed E-state index contributed by atoms with van der Waals surface area (Å²) in [4.78, 5) is 2.69. The van der Waals surface area contributed by atoms with Crippen molar-refractivity contribution in [2.45, 2.75) is 78.2 Å². The van der Waals surface area contributed by atoms with E-state index in [0.29, 0.717) is 11.5 Å². The molecule has 1 aliphatic carbocycles. The van der Waals surface area contributed by atoms with E-state index in [9.17, 15) is 0 Å². The fraction of sp³-hybridized carbons (Fsp3) is 1.00. The third-order valence-corrected chi connectivity index (χ3v) is 4.98. The van der Waals surface area contributed by atoms with Crippen LogP contribution in [0.4, 0.5) is 0 Å². The number of piperidine rings is 1. The van der Waals surface area contributed by atoms with E-state index >= 15 is 0 Å². The lowest BCUT2D eigenvalue weighted by atomic mass is 9.88. The van der Waals surface area contributed by atoms with Crippen molar-refractivity contribution in [2.24, 2.45) is 11.3 Å². The van der Waals surface area contributed by atoms with Gasteiger partial charge in [0.2, 0.25) is 0 Å². The van der Waals surface area contributed by atoms with E-state index in [1.165, 1.54) is 71.0 Å². The molecule has 0 aromatic carbocycles. The lowest BCUT2D eigenvalue weighted by Gasteiger charge is -2.35. The Morgan fingerprint density at radius 3 is 2.20 bits per heavy atom. The summed E-state index contributed by atoms with van der Waals surface area (Å²) in [5.41, 5.74) is 0.404. The van der Waals surface area contributed by atoms with Gasteiger partial charge in [-0.2, -0.15) is 0 Å². The predicted octanol–water partition coefficient (Wildman–Crippen LogP) is 4.48. The van der Waals surface area contributed by atoms with Gasteiger partial charge in [0.05, 0.1) is 6.10 Å². The SMILES string of the molecule is CC(C)(C)CCOC1CCN(CC2CCCCC2)CC1. The molecule has 2 fully saturated rings. The first-order chi connectivity index (χ1) is 9.53. The lowest BCUT2D eigenvalue weighted by Crippen LogP contribution is -2.40. The fourth-order valence-corrected chi connectivity index (χ4v) is 3.53. The smallest absolute Gasteiger partial charge is 0.0599 e. The van der Waals surface area contributed by atoms with Crippen LogP contribution in [0.25, 0.3) is 0 Å². The molecule has 0 radical (unpaired) electrons. The minimum Gasteiger partial charge on any atom is -0.378 e. The minimum atomic E-state index is 0.404. The van der Waals surface area contributed by atoms with Crippen molar-refractivity contribution in [1.82, 2.24) is 4.90 Å². The van der Waals surface area contributed by atoms with Gasteiger partial charge in [-0.05, 0) is 43.4 Å². The normalized spacial score (nSPS) is 24.1. The molecular formula is C18H35NO. The molecule has 118 valence electrons. The van der Waals surface area contributed by atoms with Crippen LogP contribution in [0.2, 0.25) is 0 Å². The van der Waals surface area contributed by atoms with Gasteiger partial charge in [-0.3, -0.25) is 0 Å². The van der Waals surface area contributed by atoms with Gasteiger partial charge in [0, 0.05) is 26.2 Å². The molecule has 0 aromatic rings. The van der Waals surface area contributed by atoms with Crippen LogP contribution in [-0.2, 0) is 4.74 Å². The second kappa shape index (κ2) is 7.79. The average molecular weight is 281 g/mol. The Bertz CT molecular complexity index is 257. The highest BCUT2D eigenvalue weighted by Crippen LogP contribution is 2.26. The monoisotopic (exact) mass is 281 g/mol.